The van der Waals surface area contributed by atoms with Crippen LogP contribution >= 0.6 is 11.6 Å². The third-order valence-electron chi connectivity index (χ3n) is 6.74. The number of nitrogens with one attached hydrogen (secondary N) is 3. The summed E-state index contributed by atoms with van der Waals surface area (Å²) in [5.74, 6) is 1.02. The molecule has 1 aliphatic carbocycles. The van der Waals surface area contributed by atoms with Crippen LogP contribution in [-0.4, -0.2) is 45.9 Å². The van der Waals surface area contributed by atoms with Gasteiger partial charge in [-0.2, -0.15) is 0 Å². The number of ether oxygens (including phenoxy) is 2. The molecule has 2 aliphatic rings. The number of ketones is 1. The number of amides is 1. The molecule has 0 radical (unpaired) electrons. The highest BCUT2D eigenvalue weighted by atomic mass is 35.5. The molecular formula is C27H24ClN5O4. The number of fused-ring (bicyclic) bond motifs is 3. The fourth-order valence-corrected chi connectivity index (χ4v) is 4.90. The lowest BCUT2D eigenvalue weighted by atomic mass is 9.96. The van der Waals surface area contributed by atoms with Gasteiger partial charge in [-0.3, -0.25) is 9.59 Å². The van der Waals surface area contributed by atoms with Gasteiger partial charge < -0.3 is 25.1 Å². The predicted octanol–water partition coefficient (Wildman–Crippen LogP) is 5.28. The van der Waals surface area contributed by atoms with Gasteiger partial charge in [0.25, 0.3) is 5.91 Å². The average Bonchev–Trinajstić information content (AvgIpc) is 3.64. The van der Waals surface area contributed by atoms with Gasteiger partial charge in [-0.05, 0) is 49.4 Å². The van der Waals surface area contributed by atoms with E-state index < -0.39 is 5.54 Å². The first-order chi connectivity index (χ1) is 17.9. The molecule has 3 N–H and O–H groups in total. The Morgan fingerprint density at radius 2 is 2.03 bits per heavy atom. The SMILES string of the molecule is COC[C@@]1(C)Nc2c(cnc3[nH]cc(C(=O)c4ccc(Oc5cc(C6CC6)ccn5)cc4Cl)c23)NC1=O. The van der Waals surface area contributed by atoms with Gasteiger partial charge in [0.15, 0.2) is 5.78 Å². The minimum absolute atomic E-state index is 0.140. The van der Waals surface area contributed by atoms with E-state index in [9.17, 15) is 9.59 Å². The van der Waals surface area contributed by atoms with Crippen LogP contribution < -0.4 is 15.4 Å². The van der Waals surface area contributed by atoms with E-state index in [-0.39, 0.29) is 23.3 Å². The van der Waals surface area contributed by atoms with E-state index in [1.807, 2.05) is 12.1 Å². The van der Waals surface area contributed by atoms with Gasteiger partial charge in [-0.1, -0.05) is 11.6 Å². The van der Waals surface area contributed by atoms with Crippen LogP contribution in [0.5, 0.6) is 11.6 Å². The molecule has 188 valence electrons. The van der Waals surface area contributed by atoms with Gasteiger partial charge in [0, 0.05) is 37.2 Å². The summed E-state index contributed by atoms with van der Waals surface area (Å²) in [4.78, 5) is 38.0. The number of hydrogen-bond donors (Lipinski definition) is 3. The quantitative estimate of drug-likeness (QED) is 0.285. The summed E-state index contributed by atoms with van der Waals surface area (Å²) in [6, 6.07) is 8.89. The summed E-state index contributed by atoms with van der Waals surface area (Å²) in [5, 5.41) is 6.93. The van der Waals surface area contributed by atoms with E-state index in [0.717, 1.165) is 0 Å². The van der Waals surface area contributed by atoms with Crippen molar-refractivity contribution in [1.82, 2.24) is 15.0 Å². The van der Waals surface area contributed by atoms with Gasteiger partial charge in [-0.25, -0.2) is 9.97 Å². The number of carbonyl (C=O) groups is 2. The lowest BCUT2D eigenvalue weighted by Gasteiger charge is -2.35. The van der Waals surface area contributed by atoms with Crippen LogP contribution in [0.3, 0.4) is 0 Å². The number of H-pyrrole nitrogens is 1. The normalized spacial score (nSPS) is 18.7. The Morgan fingerprint density at radius 3 is 2.78 bits per heavy atom. The van der Waals surface area contributed by atoms with Crippen molar-refractivity contribution in [3.8, 4) is 11.6 Å². The van der Waals surface area contributed by atoms with Crippen LogP contribution in [0.1, 0.15) is 47.2 Å². The zero-order valence-electron chi connectivity index (χ0n) is 20.2. The molecule has 6 rings (SSSR count). The molecular weight excluding hydrogens is 494 g/mol. The smallest absolute Gasteiger partial charge is 0.252 e. The molecule has 0 saturated heterocycles. The largest absolute Gasteiger partial charge is 0.439 e. The molecule has 0 spiro atoms. The zero-order valence-corrected chi connectivity index (χ0v) is 21.0. The van der Waals surface area contributed by atoms with Crippen molar-refractivity contribution < 1.29 is 19.1 Å². The van der Waals surface area contributed by atoms with E-state index in [4.69, 9.17) is 21.1 Å². The number of aromatic nitrogens is 3. The number of carbonyl (C=O) groups excluding carboxylic acids is 2. The van der Waals surface area contributed by atoms with Gasteiger partial charge in [0.1, 0.15) is 16.9 Å². The van der Waals surface area contributed by atoms with Crippen LogP contribution in [0.25, 0.3) is 11.0 Å². The average molecular weight is 518 g/mol. The fraction of sp³-hybridized carbons (Fsp3) is 0.259. The maximum atomic E-state index is 13.7. The second-order valence-corrected chi connectivity index (χ2v) is 10.00. The highest BCUT2D eigenvalue weighted by Crippen LogP contribution is 2.41. The summed E-state index contributed by atoms with van der Waals surface area (Å²) in [7, 11) is 1.53. The van der Waals surface area contributed by atoms with Crippen molar-refractivity contribution in [2.75, 3.05) is 24.4 Å². The molecule has 1 atom stereocenters. The van der Waals surface area contributed by atoms with E-state index in [0.29, 0.717) is 51.1 Å². The highest BCUT2D eigenvalue weighted by molar-refractivity contribution is 6.36. The van der Waals surface area contributed by atoms with E-state index in [2.05, 4.69) is 25.6 Å². The number of aromatic amines is 1. The summed E-state index contributed by atoms with van der Waals surface area (Å²) in [6.45, 7) is 1.88. The monoisotopic (exact) mass is 517 g/mol. The first-order valence-electron chi connectivity index (χ1n) is 11.9. The molecule has 4 heterocycles. The Morgan fingerprint density at radius 1 is 1.19 bits per heavy atom. The van der Waals surface area contributed by atoms with Gasteiger partial charge in [0.2, 0.25) is 5.88 Å². The van der Waals surface area contributed by atoms with Gasteiger partial charge >= 0.3 is 0 Å². The van der Waals surface area contributed by atoms with Crippen LogP contribution in [0.2, 0.25) is 5.02 Å². The first-order valence-corrected chi connectivity index (χ1v) is 12.3. The molecule has 1 fully saturated rings. The van der Waals surface area contributed by atoms with Crippen molar-refractivity contribution in [2.24, 2.45) is 0 Å². The third kappa shape index (κ3) is 4.20. The van der Waals surface area contributed by atoms with E-state index in [1.54, 1.807) is 43.7 Å². The van der Waals surface area contributed by atoms with Crippen LogP contribution in [0.4, 0.5) is 11.4 Å². The van der Waals surface area contributed by atoms with Crippen molar-refractivity contribution in [3.63, 3.8) is 0 Å². The molecule has 4 aromatic rings. The molecule has 1 aromatic carbocycles. The number of halogens is 1. The summed E-state index contributed by atoms with van der Waals surface area (Å²) in [6.07, 6.45) is 7.26. The number of benzene rings is 1. The summed E-state index contributed by atoms with van der Waals surface area (Å²) in [5.41, 5.74) is 2.45. The Kier molecular flexibility index (Phi) is 5.62. The number of anilines is 2. The Labute approximate surface area is 217 Å². The topological polar surface area (TPSA) is 118 Å². The molecule has 1 aliphatic heterocycles. The molecule has 3 aromatic heterocycles. The third-order valence-corrected chi connectivity index (χ3v) is 7.06. The van der Waals surface area contributed by atoms with Gasteiger partial charge in [0.05, 0.1) is 40.2 Å². The maximum Gasteiger partial charge on any atom is 0.252 e. The number of rotatable bonds is 7. The minimum Gasteiger partial charge on any atom is -0.439 e. The van der Waals surface area contributed by atoms with Crippen LogP contribution in [0, 0.1) is 0 Å². The number of nitrogens with zero attached hydrogens (tertiary/aromatic N) is 2. The van der Waals surface area contributed by atoms with Crippen molar-refractivity contribution in [1.29, 1.82) is 0 Å². The number of methoxy groups -OCH3 is 1. The van der Waals surface area contributed by atoms with Crippen molar-refractivity contribution in [3.05, 3.63) is 70.6 Å². The fourth-order valence-electron chi connectivity index (χ4n) is 4.64. The molecule has 1 amide bonds. The molecule has 9 nitrogen and oxygen atoms in total. The highest BCUT2D eigenvalue weighted by Gasteiger charge is 2.39. The molecule has 37 heavy (non-hydrogen) atoms. The minimum atomic E-state index is -1.02. The Bertz CT molecular complexity index is 1560. The lowest BCUT2D eigenvalue weighted by molar-refractivity contribution is -0.121. The van der Waals surface area contributed by atoms with Crippen LogP contribution in [0.15, 0.2) is 48.9 Å². The molecule has 0 bridgehead atoms. The molecule has 0 unspecified atom stereocenters. The number of pyridine rings is 2. The number of hydrogen-bond acceptors (Lipinski definition) is 7. The van der Waals surface area contributed by atoms with Crippen molar-refractivity contribution >= 4 is 45.7 Å². The van der Waals surface area contributed by atoms with Crippen LogP contribution in [-0.2, 0) is 9.53 Å². The molecule has 1 saturated carbocycles. The standard InChI is InChI=1S/C27H24ClN5O4/c1-27(13-36-2)26(35)32-20-12-31-25-22(23(20)33-27)18(11-30-25)24(34)17-6-5-16(10-19(17)28)37-21-9-15(7-8-29-21)14-3-4-14/h5-12,14,33H,3-4,13H2,1-2H3,(H,30,31)(H,32,35)/t27-/m1/s1. The van der Waals surface area contributed by atoms with Crippen molar-refractivity contribution in [2.45, 2.75) is 31.2 Å². The summed E-state index contributed by atoms with van der Waals surface area (Å²) >= 11 is 6.56. The van der Waals surface area contributed by atoms with E-state index >= 15 is 0 Å². The molecule has 10 heteroatoms. The summed E-state index contributed by atoms with van der Waals surface area (Å²) < 4.78 is 11.2. The van der Waals surface area contributed by atoms with Gasteiger partial charge in [-0.15, -0.1) is 0 Å². The lowest BCUT2D eigenvalue weighted by Crippen LogP contribution is -2.53. The Balaban J connectivity index is 1.32. The Hall–Kier alpha value is -3.95. The van der Waals surface area contributed by atoms with E-state index in [1.165, 1.54) is 25.5 Å². The second-order valence-electron chi connectivity index (χ2n) is 9.59. The zero-order chi connectivity index (χ0) is 25.7. The second kappa shape index (κ2) is 8.86. The maximum absolute atomic E-state index is 13.7. The first kappa shape index (κ1) is 23.4. The predicted molar refractivity (Wildman–Crippen MR) is 140 cm³/mol.